The molecule has 0 bridgehead atoms. The molecule has 3 aromatic rings. The Balaban J connectivity index is 1.65. The van der Waals surface area contributed by atoms with Gasteiger partial charge in [0.1, 0.15) is 0 Å². The SMILES string of the molecule is CC[C@@H](C)N(CCc1nc(-c2ccc(Cl)cc2)no1)C(=O)/C=C/c1ccccc1. The van der Waals surface area contributed by atoms with E-state index in [1.807, 2.05) is 60.4 Å². The van der Waals surface area contributed by atoms with Gasteiger partial charge in [-0.1, -0.05) is 54.0 Å². The van der Waals surface area contributed by atoms with Crippen LogP contribution in [0.5, 0.6) is 0 Å². The first-order valence-electron chi connectivity index (χ1n) is 9.69. The van der Waals surface area contributed by atoms with Gasteiger partial charge >= 0.3 is 0 Å². The molecule has 0 fully saturated rings. The summed E-state index contributed by atoms with van der Waals surface area (Å²) in [5.41, 5.74) is 1.83. The van der Waals surface area contributed by atoms with Gasteiger partial charge in [-0.25, -0.2) is 0 Å². The minimum atomic E-state index is -0.0272. The number of halogens is 1. The van der Waals surface area contributed by atoms with Gasteiger partial charge in [0.25, 0.3) is 0 Å². The van der Waals surface area contributed by atoms with Crippen LogP contribution in [0.4, 0.5) is 0 Å². The number of benzene rings is 2. The number of hydrogen-bond donors (Lipinski definition) is 0. The molecule has 3 rings (SSSR count). The predicted molar refractivity (Wildman–Crippen MR) is 115 cm³/mol. The average Bonchev–Trinajstić information content (AvgIpc) is 3.22. The van der Waals surface area contributed by atoms with Gasteiger partial charge in [-0.2, -0.15) is 4.98 Å². The van der Waals surface area contributed by atoms with Crippen molar-refractivity contribution in [2.45, 2.75) is 32.7 Å². The molecular formula is C23H24ClN3O2. The Kier molecular flexibility index (Phi) is 7.19. The van der Waals surface area contributed by atoms with Gasteiger partial charge in [-0.15, -0.1) is 0 Å². The van der Waals surface area contributed by atoms with Crippen LogP contribution in [-0.4, -0.2) is 33.5 Å². The van der Waals surface area contributed by atoms with E-state index in [1.54, 1.807) is 18.2 Å². The number of aromatic nitrogens is 2. The molecule has 5 nitrogen and oxygen atoms in total. The van der Waals surface area contributed by atoms with Crippen molar-refractivity contribution in [1.29, 1.82) is 0 Å². The number of rotatable bonds is 8. The van der Waals surface area contributed by atoms with Crippen molar-refractivity contribution in [1.82, 2.24) is 15.0 Å². The third-order valence-corrected chi connectivity index (χ3v) is 5.01. The van der Waals surface area contributed by atoms with Gasteiger partial charge in [0.15, 0.2) is 0 Å². The highest BCUT2D eigenvalue weighted by Crippen LogP contribution is 2.19. The molecular weight excluding hydrogens is 386 g/mol. The van der Waals surface area contributed by atoms with Crippen LogP contribution in [0.25, 0.3) is 17.5 Å². The van der Waals surface area contributed by atoms with Gasteiger partial charge in [0.05, 0.1) is 0 Å². The molecule has 0 aliphatic heterocycles. The third-order valence-electron chi connectivity index (χ3n) is 4.76. The van der Waals surface area contributed by atoms with E-state index in [4.69, 9.17) is 16.1 Å². The lowest BCUT2D eigenvalue weighted by molar-refractivity contribution is -0.128. The standard InChI is InChI=1S/C23H24ClN3O2/c1-3-17(2)27(22(28)14-9-18-7-5-4-6-8-18)16-15-21-25-23(26-29-21)19-10-12-20(24)13-11-19/h4-14,17H,3,15-16H2,1-2H3/b14-9+/t17-/m1/s1. The second-order valence-electron chi connectivity index (χ2n) is 6.80. The normalized spacial score (nSPS) is 12.2. The van der Waals surface area contributed by atoms with Crippen molar-refractivity contribution in [2.75, 3.05) is 6.54 Å². The van der Waals surface area contributed by atoms with Gasteiger partial charge in [0.2, 0.25) is 17.6 Å². The van der Waals surface area contributed by atoms with Crippen LogP contribution >= 0.6 is 11.6 Å². The van der Waals surface area contributed by atoms with E-state index in [9.17, 15) is 4.79 Å². The van der Waals surface area contributed by atoms with Crippen molar-refractivity contribution < 1.29 is 9.32 Å². The van der Waals surface area contributed by atoms with E-state index < -0.39 is 0 Å². The third kappa shape index (κ3) is 5.78. The quantitative estimate of drug-likeness (QED) is 0.475. The second kappa shape index (κ2) is 10.0. The molecule has 150 valence electrons. The smallest absolute Gasteiger partial charge is 0.246 e. The summed E-state index contributed by atoms with van der Waals surface area (Å²) < 4.78 is 5.37. The fourth-order valence-electron chi connectivity index (χ4n) is 2.88. The summed E-state index contributed by atoms with van der Waals surface area (Å²) in [5.74, 6) is 0.991. The van der Waals surface area contributed by atoms with Gasteiger partial charge in [0, 0.05) is 35.7 Å². The first-order chi connectivity index (χ1) is 14.1. The van der Waals surface area contributed by atoms with E-state index in [2.05, 4.69) is 17.1 Å². The summed E-state index contributed by atoms with van der Waals surface area (Å²) in [5, 5.41) is 4.69. The van der Waals surface area contributed by atoms with Gasteiger partial charge in [-0.3, -0.25) is 4.79 Å². The molecule has 0 saturated heterocycles. The summed E-state index contributed by atoms with van der Waals surface area (Å²) in [6, 6.07) is 17.2. The topological polar surface area (TPSA) is 59.2 Å². The highest BCUT2D eigenvalue weighted by molar-refractivity contribution is 6.30. The monoisotopic (exact) mass is 409 g/mol. The summed E-state index contributed by atoms with van der Waals surface area (Å²) in [6.45, 7) is 4.62. The summed E-state index contributed by atoms with van der Waals surface area (Å²) in [7, 11) is 0. The van der Waals surface area contributed by atoms with Crippen LogP contribution in [0.15, 0.2) is 65.2 Å². The van der Waals surface area contributed by atoms with Crippen molar-refractivity contribution in [2.24, 2.45) is 0 Å². The van der Waals surface area contributed by atoms with Crippen LogP contribution in [0.1, 0.15) is 31.7 Å². The first-order valence-corrected chi connectivity index (χ1v) is 10.1. The Morgan fingerprint density at radius 3 is 2.59 bits per heavy atom. The van der Waals surface area contributed by atoms with Gasteiger partial charge < -0.3 is 9.42 Å². The fraction of sp³-hybridized carbons (Fsp3) is 0.261. The van der Waals surface area contributed by atoms with E-state index >= 15 is 0 Å². The summed E-state index contributed by atoms with van der Waals surface area (Å²) in [6.07, 6.45) is 4.82. The molecule has 0 unspecified atom stereocenters. The minimum absolute atomic E-state index is 0.0272. The Bertz CT molecular complexity index is 952. The molecule has 1 amide bonds. The largest absolute Gasteiger partial charge is 0.339 e. The van der Waals surface area contributed by atoms with Crippen molar-refractivity contribution in [3.8, 4) is 11.4 Å². The molecule has 0 aliphatic rings. The van der Waals surface area contributed by atoms with Crippen LogP contribution in [0.2, 0.25) is 5.02 Å². The molecule has 6 heteroatoms. The first kappa shape index (κ1) is 20.8. The maximum absolute atomic E-state index is 12.8. The molecule has 2 aromatic carbocycles. The number of hydrogen-bond acceptors (Lipinski definition) is 4. The van der Waals surface area contributed by atoms with Crippen LogP contribution < -0.4 is 0 Å². The maximum Gasteiger partial charge on any atom is 0.246 e. The Morgan fingerprint density at radius 1 is 1.17 bits per heavy atom. The van der Waals surface area contributed by atoms with Crippen molar-refractivity contribution in [3.63, 3.8) is 0 Å². The van der Waals surface area contributed by atoms with E-state index in [0.29, 0.717) is 29.7 Å². The number of carbonyl (C=O) groups is 1. The average molecular weight is 410 g/mol. The number of carbonyl (C=O) groups excluding carboxylic acids is 1. The van der Waals surface area contributed by atoms with Crippen molar-refractivity contribution in [3.05, 3.63) is 77.2 Å². The van der Waals surface area contributed by atoms with Crippen molar-refractivity contribution >= 4 is 23.6 Å². The second-order valence-corrected chi connectivity index (χ2v) is 7.24. The highest BCUT2D eigenvalue weighted by Gasteiger charge is 2.18. The zero-order valence-corrected chi connectivity index (χ0v) is 17.3. The lowest BCUT2D eigenvalue weighted by Crippen LogP contribution is -2.38. The molecule has 0 aliphatic carbocycles. The van der Waals surface area contributed by atoms with Crippen LogP contribution in [-0.2, 0) is 11.2 Å². The fourth-order valence-corrected chi connectivity index (χ4v) is 3.01. The Morgan fingerprint density at radius 2 is 1.90 bits per heavy atom. The van der Waals surface area contributed by atoms with Gasteiger partial charge in [-0.05, 0) is 49.2 Å². The molecule has 0 spiro atoms. The van der Waals surface area contributed by atoms with Crippen LogP contribution in [0.3, 0.4) is 0 Å². The Labute approximate surface area is 176 Å². The molecule has 0 N–H and O–H groups in total. The summed E-state index contributed by atoms with van der Waals surface area (Å²) >= 11 is 5.92. The number of nitrogens with zero attached hydrogens (tertiary/aromatic N) is 3. The lowest BCUT2D eigenvalue weighted by Gasteiger charge is -2.27. The molecule has 0 radical (unpaired) electrons. The molecule has 1 aromatic heterocycles. The number of amides is 1. The molecule has 1 heterocycles. The zero-order valence-electron chi connectivity index (χ0n) is 16.6. The van der Waals surface area contributed by atoms with E-state index in [-0.39, 0.29) is 11.9 Å². The zero-order chi connectivity index (χ0) is 20.6. The predicted octanol–water partition coefficient (Wildman–Crippen LogP) is 5.27. The molecule has 1 atom stereocenters. The highest BCUT2D eigenvalue weighted by atomic mass is 35.5. The Hall–Kier alpha value is -2.92. The lowest BCUT2D eigenvalue weighted by atomic mass is 10.1. The summed E-state index contributed by atoms with van der Waals surface area (Å²) in [4.78, 5) is 19.0. The van der Waals surface area contributed by atoms with E-state index in [0.717, 1.165) is 17.5 Å². The van der Waals surface area contributed by atoms with E-state index in [1.165, 1.54) is 0 Å². The van der Waals surface area contributed by atoms with Crippen LogP contribution in [0, 0.1) is 0 Å². The molecule has 0 saturated carbocycles. The molecule has 29 heavy (non-hydrogen) atoms. The minimum Gasteiger partial charge on any atom is -0.339 e. The maximum atomic E-state index is 12.8.